The summed E-state index contributed by atoms with van der Waals surface area (Å²) in [6.45, 7) is 9.04. The van der Waals surface area contributed by atoms with Crippen LogP contribution in [0.1, 0.15) is 50.6 Å². The molecule has 0 amide bonds. The summed E-state index contributed by atoms with van der Waals surface area (Å²) in [6.07, 6.45) is 8.72. The zero-order valence-corrected chi connectivity index (χ0v) is 13.9. The smallest absolute Gasteiger partial charge is 0.128 e. The van der Waals surface area contributed by atoms with Gasteiger partial charge < -0.3 is 10.2 Å². The lowest BCUT2D eigenvalue weighted by molar-refractivity contribution is 0.146. The van der Waals surface area contributed by atoms with E-state index in [-0.39, 0.29) is 0 Å². The number of pyridine rings is 1. The fraction of sp³-hybridized carbons (Fsp3) is 0.722. The van der Waals surface area contributed by atoms with Gasteiger partial charge in [0, 0.05) is 38.4 Å². The summed E-state index contributed by atoms with van der Waals surface area (Å²) in [4.78, 5) is 9.82. The second kappa shape index (κ2) is 7.93. The summed E-state index contributed by atoms with van der Waals surface area (Å²) < 4.78 is 0. The summed E-state index contributed by atoms with van der Waals surface area (Å²) in [5.74, 6) is 1.14. The Balaban J connectivity index is 1.67. The van der Waals surface area contributed by atoms with Gasteiger partial charge in [-0.05, 0) is 44.0 Å². The lowest BCUT2D eigenvalue weighted by Crippen LogP contribution is -2.43. The average Bonchev–Trinajstić information content (AvgIpc) is 2.61. The molecule has 3 rings (SSSR count). The van der Waals surface area contributed by atoms with Gasteiger partial charge in [-0.15, -0.1) is 0 Å². The number of rotatable bonds is 5. The van der Waals surface area contributed by atoms with Crippen molar-refractivity contribution in [2.45, 2.75) is 45.1 Å². The molecule has 4 nitrogen and oxygen atoms in total. The SMILES string of the molecule is CCCCN1CCCCC1c1ccc(N2CCNCC2)nc1. The van der Waals surface area contributed by atoms with Crippen LogP contribution < -0.4 is 10.2 Å². The molecule has 122 valence electrons. The molecule has 1 atom stereocenters. The van der Waals surface area contributed by atoms with Gasteiger partial charge in [-0.2, -0.15) is 0 Å². The molecule has 22 heavy (non-hydrogen) atoms. The van der Waals surface area contributed by atoms with E-state index in [9.17, 15) is 0 Å². The normalized spacial score (nSPS) is 23.7. The highest BCUT2D eigenvalue weighted by atomic mass is 15.2. The number of likely N-dealkylation sites (tertiary alicyclic amines) is 1. The molecule has 3 heterocycles. The minimum absolute atomic E-state index is 0.588. The molecule has 0 saturated carbocycles. The Morgan fingerprint density at radius 3 is 2.77 bits per heavy atom. The predicted molar refractivity (Wildman–Crippen MR) is 92.4 cm³/mol. The minimum atomic E-state index is 0.588. The van der Waals surface area contributed by atoms with E-state index in [2.05, 4.69) is 40.4 Å². The number of hydrogen-bond acceptors (Lipinski definition) is 4. The van der Waals surface area contributed by atoms with Crippen LogP contribution in [0.15, 0.2) is 18.3 Å². The fourth-order valence-corrected chi connectivity index (χ4v) is 3.67. The van der Waals surface area contributed by atoms with Crippen molar-refractivity contribution in [2.75, 3.05) is 44.2 Å². The summed E-state index contributed by atoms with van der Waals surface area (Å²) in [7, 11) is 0. The minimum Gasteiger partial charge on any atom is -0.354 e. The van der Waals surface area contributed by atoms with Gasteiger partial charge in [0.1, 0.15) is 5.82 Å². The summed E-state index contributed by atoms with van der Waals surface area (Å²) >= 11 is 0. The number of hydrogen-bond donors (Lipinski definition) is 1. The molecular formula is C18H30N4. The van der Waals surface area contributed by atoms with E-state index in [4.69, 9.17) is 4.98 Å². The molecule has 2 aliphatic rings. The zero-order valence-electron chi connectivity index (χ0n) is 13.9. The van der Waals surface area contributed by atoms with E-state index < -0.39 is 0 Å². The largest absolute Gasteiger partial charge is 0.354 e. The number of piperazine rings is 1. The number of nitrogens with one attached hydrogen (secondary N) is 1. The van der Waals surface area contributed by atoms with Crippen molar-refractivity contribution in [2.24, 2.45) is 0 Å². The first-order valence-corrected chi connectivity index (χ1v) is 9.04. The molecule has 4 heteroatoms. The van der Waals surface area contributed by atoms with Gasteiger partial charge in [0.05, 0.1) is 0 Å². The van der Waals surface area contributed by atoms with Crippen molar-refractivity contribution in [3.05, 3.63) is 23.9 Å². The van der Waals surface area contributed by atoms with Crippen LogP contribution in [0.4, 0.5) is 5.82 Å². The Labute approximate surface area is 134 Å². The number of aromatic nitrogens is 1. The van der Waals surface area contributed by atoms with Crippen LogP contribution in [0.2, 0.25) is 0 Å². The predicted octanol–water partition coefficient (Wildman–Crippen LogP) is 2.82. The first kappa shape index (κ1) is 15.8. The molecule has 2 fully saturated rings. The van der Waals surface area contributed by atoms with Crippen molar-refractivity contribution in [1.29, 1.82) is 0 Å². The van der Waals surface area contributed by atoms with E-state index in [0.717, 1.165) is 32.0 Å². The van der Waals surface area contributed by atoms with Crippen molar-refractivity contribution in [3.63, 3.8) is 0 Å². The maximum Gasteiger partial charge on any atom is 0.128 e. The molecule has 1 aromatic rings. The third kappa shape index (κ3) is 3.79. The average molecular weight is 302 g/mol. The Morgan fingerprint density at radius 2 is 2.05 bits per heavy atom. The third-order valence-electron chi connectivity index (χ3n) is 5.01. The van der Waals surface area contributed by atoms with Crippen LogP contribution in [0.3, 0.4) is 0 Å². The van der Waals surface area contributed by atoms with Gasteiger partial charge in [0.25, 0.3) is 0 Å². The van der Waals surface area contributed by atoms with Crippen molar-refractivity contribution < 1.29 is 0 Å². The number of anilines is 1. The molecule has 2 saturated heterocycles. The van der Waals surface area contributed by atoms with E-state index >= 15 is 0 Å². The Morgan fingerprint density at radius 1 is 1.18 bits per heavy atom. The summed E-state index contributed by atoms with van der Waals surface area (Å²) in [6, 6.07) is 5.14. The van der Waals surface area contributed by atoms with E-state index in [1.807, 2.05) is 0 Å². The Hall–Kier alpha value is -1.13. The second-order valence-electron chi connectivity index (χ2n) is 6.59. The second-order valence-corrected chi connectivity index (χ2v) is 6.59. The zero-order chi connectivity index (χ0) is 15.2. The molecule has 0 radical (unpaired) electrons. The van der Waals surface area contributed by atoms with Crippen molar-refractivity contribution in [1.82, 2.24) is 15.2 Å². The fourth-order valence-electron chi connectivity index (χ4n) is 3.67. The first-order valence-electron chi connectivity index (χ1n) is 9.04. The molecule has 0 aromatic carbocycles. The van der Waals surface area contributed by atoms with Crippen LogP contribution in [-0.4, -0.2) is 49.2 Å². The lowest BCUT2D eigenvalue weighted by Gasteiger charge is -2.36. The highest BCUT2D eigenvalue weighted by Crippen LogP contribution is 2.31. The molecular weight excluding hydrogens is 272 g/mol. The van der Waals surface area contributed by atoms with E-state index in [1.165, 1.54) is 50.8 Å². The molecule has 1 unspecified atom stereocenters. The monoisotopic (exact) mass is 302 g/mol. The molecule has 2 aliphatic heterocycles. The Kier molecular flexibility index (Phi) is 5.68. The third-order valence-corrected chi connectivity index (χ3v) is 5.01. The number of unbranched alkanes of at least 4 members (excludes halogenated alkanes) is 1. The quantitative estimate of drug-likeness (QED) is 0.906. The molecule has 0 bridgehead atoms. The van der Waals surface area contributed by atoms with Gasteiger partial charge in [-0.25, -0.2) is 4.98 Å². The molecule has 1 aromatic heterocycles. The van der Waals surface area contributed by atoms with Gasteiger partial charge in [-0.1, -0.05) is 25.8 Å². The number of nitrogens with zero attached hydrogens (tertiary/aromatic N) is 3. The first-order chi connectivity index (χ1) is 10.9. The molecule has 0 aliphatic carbocycles. The van der Waals surface area contributed by atoms with Gasteiger partial charge >= 0.3 is 0 Å². The lowest BCUT2D eigenvalue weighted by atomic mass is 9.96. The highest BCUT2D eigenvalue weighted by Gasteiger charge is 2.23. The van der Waals surface area contributed by atoms with Crippen molar-refractivity contribution >= 4 is 5.82 Å². The van der Waals surface area contributed by atoms with E-state index in [0.29, 0.717) is 6.04 Å². The maximum absolute atomic E-state index is 4.76. The van der Waals surface area contributed by atoms with Crippen LogP contribution >= 0.6 is 0 Å². The van der Waals surface area contributed by atoms with Crippen LogP contribution in [0.25, 0.3) is 0 Å². The van der Waals surface area contributed by atoms with Crippen LogP contribution in [0, 0.1) is 0 Å². The maximum atomic E-state index is 4.76. The summed E-state index contributed by atoms with van der Waals surface area (Å²) in [5, 5.41) is 3.40. The van der Waals surface area contributed by atoms with Gasteiger partial charge in [0.2, 0.25) is 0 Å². The topological polar surface area (TPSA) is 31.4 Å². The Bertz CT molecular complexity index is 439. The van der Waals surface area contributed by atoms with E-state index in [1.54, 1.807) is 0 Å². The summed E-state index contributed by atoms with van der Waals surface area (Å²) in [5.41, 5.74) is 1.41. The van der Waals surface area contributed by atoms with Crippen LogP contribution in [-0.2, 0) is 0 Å². The van der Waals surface area contributed by atoms with Crippen LogP contribution in [0.5, 0.6) is 0 Å². The molecule has 0 spiro atoms. The molecule has 1 N–H and O–H groups in total. The van der Waals surface area contributed by atoms with Crippen molar-refractivity contribution in [3.8, 4) is 0 Å². The standard InChI is InChI=1S/C18H30N4/c1-2-3-11-21-12-5-4-6-17(21)16-7-8-18(20-15-16)22-13-9-19-10-14-22/h7-8,15,17,19H,2-6,9-14H2,1H3. The van der Waals surface area contributed by atoms with Gasteiger partial charge in [0.15, 0.2) is 0 Å². The van der Waals surface area contributed by atoms with Gasteiger partial charge in [-0.3, -0.25) is 4.90 Å². The number of piperidine rings is 1. The highest BCUT2D eigenvalue weighted by molar-refractivity contribution is 5.40.